The Morgan fingerprint density at radius 1 is 1.47 bits per heavy atom. The maximum Gasteiger partial charge on any atom is 0.303 e. The highest BCUT2D eigenvalue weighted by atomic mass is 19.1. The van der Waals surface area contributed by atoms with Crippen LogP contribution in [-0.4, -0.2) is 11.1 Å². The van der Waals surface area contributed by atoms with Gasteiger partial charge in [0.25, 0.3) is 0 Å². The Morgan fingerprint density at radius 2 is 2.12 bits per heavy atom. The second-order valence-corrected chi connectivity index (χ2v) is 4.83. The maximum absolute atomic E-state index is 13.2. The molecule has 1 saturated carbocycles. The smallest absolute Gasteiger partial charge is 0.303 e. The fourth-order valence-electron chi connectivity index (χ4n) is 2.28. The third-order valence-corrected chi connectivity index (χ3v) is 3.38. The maximum atomic E-state index is 13.2. The van der Waals surface area contributed by atoms with Gasteiger partial charge in [0.15, 0.2) is 0 Å². The van der Waals surface area contributed by atoms with Crippen molar-refractivity contribution in [1.82, 2.24) is 0 Å². The third-order valence-electron chi connectivity index (χ3n) is 3.38. The summed E-state index contributed by atoms with van der Waals surface area (Å²) in [5.74, 6) is -0.261. The number of aliphatic carboxylic acids is 1. The first kappa shape index (κ1) is 12.1. The monoisotopic (exact) mass is 236 g/mol. The van der Waals surface area contributed by atoms with Gasteiger partial charge in [-0.3, -0.25) is 4.79 Å². The molecule has 0 bridgehead atoms. The van der Waals surface area contributed by atoms with Gasteiger partial charge in [0.05, 0.1) is 6.42 Å². The van der Waals surface area contributed by atoms with Gasteiger partial charge in [0, 0.05) is 0 Å². The van der Waals surface area contributed by atoms with Crippen LogP contribution in [0.15, 0.2) is 24.3 Å². The molecule has 0 amide bonds. The van der Waals surface area contributed by atoms with Gasteiger partial charge in [-0.25, -0.2) is 4.39 Å². The van der Waals surface area contributed by atoms with E-state index in [0.29, 0.717) is 11.5 Å². The summed E-state index contributed by atoms with van der Waals surface area (Å²) in [5, 5.41) is 8.93. The number of hydrogen-bond donors (Lipinski definition) is 1. The molecule has 2 atom stereocenters. The van der Waals surface area contributed by atoms with Gasteiger partial charge < -0.3 is 5.11 Å². The van der Waals surface area contributed by atoms with Gasteiger partial charge in [-0.2, -0.15) is 0 Å². The normalized spacial score (nSPS) is 18.7. The summed E-state index contributed by atoms with van der Waals surface area (Å²) in [6.07, 6.45) is 1.33. The topological polar surface area (TPSA) is 37.3 Å². The molecule has 0 saturated heterocycles. The predicted octanol–water partition coefficient (Wildman–Crippen LogP) is 3.69. The van der Waals surface area contributed by atoms with Crippen LogP contribution in [0.4, 0.5) is 4.39 Å². The van der Waals surface area contributed by atoms with Gasteiger partial charge in [0.1, 0.15) is 6.17 Å². The van der Waals surface area contributed by atoms with Crippen molar-refractivity contribution in [3.8, 4) is 0 Å². The molecule has 1 fully saturated rings. The Hall–Kier alpha value is -1.38. The predicted molar refractivity (Wildman–Crippen MR) is 63.7 cm³/mol. The number of carbonyl (C=O) groups is 1. The fraction of sp³-hybridized carbons (Fsp3) is 0.500. The molecule has 0 spiro atoms. The Bertz CT molecular complexity index is 410. The van der Waals surface area contributed by atoms with Crippen LogP contribution in [0.2, 0.25) is 0 Å². The zero-order chi connectivity index (χ0) is 12.4. The van der Waals surface area contributed by atoms with Crippen LogP contribution in [-0.2, 0) is 4.79 Å². The third kappa shape index (κ3) is 3.05. The first-order chi connectivity index (χ1) is 8.08. The standard InChI is InChI=1S/C14H17FO2/c1-9(15)11-3-2-4-12(7-11)13(8-14(16)17)10-5-6-10/h2-4,7,9-10,13H,5-6,8H2,1H3,(H,16,17). The SMILES string of the molecule is CC(F)c1cccc(C(CC(=O)O)C2CC2)c1. The van der Waals surface area contributed by atoms with Crippen LogP contribution in [0.3, 0.4) is 0 Å². The lowest BCUT2D eigenvalue weighted by Gasteiger charge is -2.15. The van der Waals surface area contributed by atoms with Crippen LogP contribution in [0.5, 0.6) is 0 Å². The summed E-state index contributed by atoms with van der Waals surface area (Å²) < 4.78 is 13.2. The molecular weight excluding hydrogens is 219 g/mol. The van der Waals surface area contributed by atoms with Gasteiger partial charge in [-0.05, 0) is 42.7 Å². The Kier molecular flexibility index (Phi) is 3.46. The summed E-state index contributed by atoms with van der Waals surface area (Å²) in [6, 6.07) is 7.30. The highest BCUT2D eigenvalue weighted by Crippen LogP contribution is 2.44. The van der Waals surface area contributed by atoms with Crippen molar-refractivity contribution in [2.24, 2.45) is 5.92 Å². The van der Waals surface area contributed by atoms with E-state index in [4.69, 9.17) is 5.11 Å². The molecule has 1 aliphatic rings. The van der Waals surface area contributed by atoms with Crippen molar-refractivity contribution in [1.29, 1.82) is 0 Å². The zero-order valence-corrected chi connectivity index (χ0v) is 9.90. The van der Waals surface area contributed by atoms with Crippen LogP contribution < -0.4 is 0 Å². The quantitative estimate of drug-likeness (QED) is 0.846. The van der Waals surface area contributed by atoms with Crippen molar-refractivity contribution >= 4 is 5.97 Å². The number of rotatable bonds is 5. The van der Waals surface area contributed by atoms with Gasteiger partial charge in [0.2, 0.25) is 0 Å². The molecule has 92 valence electrons. The van der Waals surface area contributed by atoms with Crippen LogP contribution in [0.25, 0.3) is 0 Å². The van der Waals surface area contributed by atoms with Gasteiger partial charge in [-0.1, -0.05) is 24.3 Å². The van der Waals surface area contributed by atoms with Gasteiger partial charge >= 0.3 is 5.97 Å². The van der Waals surface area contributed by atoms with E-state index in [9.17, 15) is 9.18 Å². The summed E-state index contributed by atoms with van der Waals surface area (Å²) >= 11 is 0. The zero-order valence-electron chi connectivity index (χ0n) is 9.90. The molecular formula is C14H17FO2. The molecule has 1 aliphatic carbocycles. The highest BCUT2D eigenvalue weighted by molar-refractivity contribution is 5.68. The van der Waals surface area contributed by atoms with Crippen molar-refractivity contribution in [2.45, 2.75) is 38.3 Å². The van der Waals surface area contributed by atoms with Crippen LogP contribution in [0, 0.1) is 5.92 Å². The van der Waals surface area contributed by atoms with E-state index in [-0.39, 0.29) is 12.3 Å². The summed E-state index contributed by atoms with van der Waals surface area (Å²) in [7, 11) is 0. The van der Waals surface area contributed by atoms with Crippen LogP contribution >= 0.6 is 0 Å². The second-order valence-electron chi connectivity index (χ2n) is 4.83. The van der Waals surface area contributed by atoms with E-state index in [0.717, 1.165) is 18.4 Å². The minimum atomic E-state index is -1.00. The average Bonchev–Trinajstić information content (AvgIpc) is 3.09. The summed E-state index contributed by atoms with van der Waals surface area (Å²) in [6.45, 7) is 1.50. The number of halogens is 1. The number of hydrogen-bond acceptors (Lipinski definition) is 1. The minimum absolute atomic E-state index is 0.0474. The van der Waals surface area contributed by atoms with E-state index >= 15 is 0 Å². The first-order valence-electron chi connectivity index (χ1n) is 6.03. The average molecular weight is 236 g/mol. The molecule has 2 nitrogen and oxygen atoms in total. The van der Waals surface area contributed by atoms with E-state index in [1.165, 1.54) is 6.92 Å². The number of carboxylic acids is 1. The molecule has 2 rings (SSSR count). The molecule has 1 aromatic carbocycles. The number of alkyl halides is 1. The molecule has 0 heterocycles. The lowest BCUT2D eigenvalue weighted by molar-refractivity contribution is -0.137. The Morgan fingerprint density at radius 3 is 2.65 bits per heavy atom. The van der Waals surface area contributed by atoms with Crippen LogP contribution in [0.1, 0.15) is 49.4 Å². The lowest BCUT2D eigenvalue weighted by Crippen LogP contribution is -2.08. The summed E-state index contributed by atoms with van der Waals surface area (Å²) in [4.78, 5) is 10.9. The van der Waals surface area contributed by atoms with Crippen molar-refractivity contribution in [3.63, 3.8) is 0 Å². The molecule has 2 unspecified atom stereocenters. The molecule has 1 N–H and O–H groups in total. The molecule has 1 aromatic rings. The Balaban J connectivity index is 2.22. The largest absolute Gasteiger partial charge is 0.481 e. The molecule has 0 aliphatic heterocycles. The fourth-order valence-corrected chi connectivity index (χ4v) is 2.28. The number of benzene rings is 1. The van der Waals surface area contributed by atoms with Gasteiger partial charge in [-0.15, -0.1) is 0 Å². The van der Waals surface area contributed by atoms with Crippen molar-refractivity contribution in [2.75, 3.05) is 0 Å². The van der Waals surface area contributed by atoms with E-state index in [1.807, 2.05) is 18.2 Å². The molecule has 3 heteroatoms. The minimum Gasteiger partial charge on any atom is -0.481 e. The highest BCUT2D eigenvalue weighted by Gasteiger charge is 2.33. The van der Waals surface area contributed by atoms with E-state index in [1.54, 1.807) is 6.07 Å². The Labute approximate surface area is 100 Å². The molecule has 0 radical (unpaired) electrons. The van der Waals surface area contributed by atoms with Crippen molar-refractivity contribution in [3.05, 3.63) is 35.4 Å². The first-order valence-corrected chi connectivity index (χ1v) is 6.03. The number of carboxylic acid groups (broad SMARTS) is 1. The van der Waals surface area contributed by atoms with Crippen molar-refractivity contribution < 1.29 is 14.3 Å². The molecule has 0 aromatic heterocycles. The molecule has 17 heavy (non-hydrogen) atoms. The lowest BCUT2D eigenvalue weighted by atomic mass is 9.89. The second kappa shape index (κ2) is 4.86. The summed E-state index contributed by atoms with van der Waals surface area (Å²) in [5.41, 5.74) is 1.61. The van der Waals surface area contributed by atoms with E-state index < -0.39 is 12.1 Å². The van der Waals surface area contributed by atoms with E-state index in [2.05, 4.69) is 0 Å².